The number of hydrogen-bond donors (Lipinski definition) is 1. The first-order valence-corrected chi connectivity index (χ1v) is 7.77. The second-order valence-electron chi connectivity index (χ2n) is 5.86. The Balaban J connectivity index is 2.07. The zero-order chi connectivity index (χ0) is 14.4. The highest BCUT2D eigenvalue weighted by molar-refractivity contribution is 5.84. The van der Waals surface area contributed by atoms with Crippen molar-refractivity contribution < 1.29 is 0 Å². The van der Waals surface area contributed by atoms with Crippen LogP contribution >= 0.6 is 0 Å². The lowest BCUT2D eigenvalue weighted by molar-refractivity contribution is 0.378. The second kappa shape index (κ2) is 7.39. The normalized spacial score (nSPS) is 13.0. The van der Waals surface area contributed by atoms with Crippen molar-refractivity contribution in [2.24, 2.45) is 5.92 Å². The summed E-state index contributed by atoms with van der Waals surface area (Å²) in [6.07, 6.45) is 7.36. The Morgan fingerprint density at radius 2 is 2.05 bits per heavy atom. The molecular weight excluding hydrogens is 244 g/mol. The molecule has 108 valence electrons. The Bertz CT molecular complexity index is 528. The Morgan fingerprint density at radius 3 is 2.80 bits per heavy atom. The van der Waals surface area contributed by atoms with Crippen LogP contribution < -0.4 is 5.32 Å². The maximum Gasteiger partial charge on any atom is 0.0346 e. The Morgan fingerprint density at radius 1 is 1.20 bits per heavy atom. The molecule has 2 rings (SSSR count). The van der Waals surface area contributed by atoms with Gasteiger partial charge in [0.15, 0.2) is 0 Å². The molecule has 2 heteroatoms. The van der Waals surface area contributed by atoms with Crippen LogP contribution in [0.25, 0.3) is 10.8 Å². The molecule has 0 aliphatic rings. The average Bonchev–Trinajstić information content (AvgIpc) is 2.47. The third-order valence-corrected chi connectivity index (χ3v) is 3.96. The van der Waals surface area contributed by atoms with Crippen LogP contribution in [0.3, 0.4) is 0 Å². The zero-order valence-electron chi connectivity index (χ0n) is 12.9. The topological polar surface area (TPSA) is 24.9 Å². The first-order valence-electron chi connectivity index (χ1n) is 7.77. The van der Waals surface area contributed by atoms with Crippen LogP contribution in [0, 0.1) is 5.92 Å². The number of aryl methyl sites for hydroxylation is 1. The van der Waals surface area contributed by atoms with E-state index in [0.29, 0.717) is 12.0 Å². The monoisotopic (exact) mass is 270 g/mol. The SMILES string of the molecule is CCCNC(CCc1cccc2cnccc12)C(C)C. The molecule has 2 aromatic rings. The van der Waals surface area contributed by atoms with Crippen molar-refractivity contribution in [3.8, 4) is 0 Å². The third kappa shape index (κ3) is 3.80. The van der Waals surface area contributed by atoms with Crippen LogP contribution in [0.2, 0.25) is 0 Å². The molecule has 20 heavy (non-hydrogen) atoms. The van der Waals surface area contributed by atoms with Gasteiger partial charge in [0.2, 0.25) is 0 Å². The number of rotatable bonds is 7. The standard InChI is InChI=1S/C18H26N2/c1-4-11-20-18(14(2)3)9-8-15-6-5-7-16-13-19-12-10-17(15)16/h5-7,10,12-14,18,20H,4,8-9,11H2,1-3H3. The highest BCUT2D eigenvalue weighted by atomic mass is 14.9. The summed E-state index contributed by atoms with van der Waals surface area (Å²) in [5.41, 5.74) is 1.44. The number of hydrogen-bond acceptors (Lipinski definition) is 2. The van der Waals surface area contributed by atoms with Gasteiger partial charge in [0.05, 0.1) is 0 Å². The van der Waals surface area contributed by atoms with E-state index in [1.165, 1.54) is 29.2 Å². The molecule has 1 unspecified atom stereocenters. The van der Waals surface area contributed by atoms with E-state index < -0.39 is 0 Å². The quantitative estimate of drug-likeness (QED) is 0.816. The van der Waals surface area contributed by atoms with Crippen LogP contribution in [0.1, 0.15) is 39.2 Å². The van der Waals surface area contributed by atoms with Gasteiger partial charge in [-0.3, -0.25) is 4.98 Å². The number of pyridine rings is 1. The van der Waals surface area contributed by atoms with Gasteiger partial charge >= 0.3 is 0 Å². The molecule has 0 saturated heterocycles. The van der Waals surface area contributed by atoms with Crippen molar-refractivity contribution in [3.63, 3.8) is 0 Å². The fraction of sp³-hybridized carbons (Fsp3) is 0.500. The van der Waals surface area contributed by atoms with Crippen LogP contribution in [-0.4, -0.2) is 17.6 Å². The minimum atomic E-state index is 0.604. The molecule has 0 saturated carbocycles. The maximum absolute atomic E-state index is 4.21. The number of aromatic nitrogens is 1. The minimum Gasteiger partial charge on any atom is -0.314 e. The summed E-state index contributed by atoms with van der Waals surface area (Å²) in [7, 11) is 0. The van der Waals surface area contributed by atoms with E-state index in [1.54, 1.807) is 0 Å². The lowest BCUT2D eigenvalue weighted by atomic mass is 9.94. The van der Waals surface area contributed by atoms with Crippen molar-refractivity contribution >= 4 is 10.8 Å². The molecule has 2 nitrogen and oxygen atoms in total. The number of fused-ring (bicyclic) bond motifs is 1. The Labute approximate surface area is 122 Å². The molecule has 1 heterocycles. The van der Waals surface area contributed by atoms with Crippen LogP contribution in [0.4, 0.5) is 0 Å². The summed E-state index contributed by atoms with van der Waals surface area (Å²) in [6.45, 7) is 7.95. The van der Waals surface area contributed by atoms with Gasteiger partial charge in [0.25, 0.3) is 0 Å². The lowest BCUT2D eigenvalue weighted by Gasteiger charge is -2.22. The molecule has 0 spiro atoms. The molecule has 0 bridgehead atoms. The molecule has 1 aromatic heterocycles. The van der Waals surface area contributed by atoms with Gasteiger partial charge in [-0.05, 0) is 48.7 Å². The summed E-state index contributed by atoms with van der Waals surface area (Å²) >= 11 is 0. The van der Waals surface area contributed by atoms with Crippen LogP contribution in [-0.2, 0) is 6.42 Å². The molecule has 1 atom stereocenters. The first kappa shape index (κ1) is 15.0. The summed E-state index contributed by atoms with van der Waals surface area (Å²) in [4.78, 5) is 4.21. The zero-order valence-corrected chi connectivity index (χ0v) is 12.9. The second-order valence-corrected chi connectivity index (χ2v) is 5.86. The van der Waals surface area contributed by atoms with Gasteiger partial charge < -0.3 is 5.32 Å². The fourth-order valence-electron chi connectivity index (χ4n) is 2.72. The third-order valence-electron chi connectivity index (χ3n) is 3.96. The van der Waals surface area contributed by atoms with Gasteiger partial charge in [-0.1, -0.05) is 39.0 Å². The van der Waals surface area contributed by atoms with Crippen molar-refractivity contribution in [2.45, 2.75) is 46.1 Å². The predicted molar refractivity (Wildman–Crippen MR) is 87.0 cm³/mol. The van der Waals surface area contributed by atoms with Gasteiger partial charge in [0, 0.05) is 23.8 Å². The number of benzene rings is 1. The number of nitrogens with one attached hydrogen (secondary N) is 1. The summed E-state index contributed by atoms with van der Waals surface area (Å²) in [6, 6.07) is 9.27. The molecule has 0 aliphatic carbocycles. The molecule has 0 fully saturated rings. The van der Waals surface area contributed by atoms with Crippen molar-refractivity contribution in [1.29, 1.82) is 0 Å². The fourth-order valence-corrected chi connectivity index (χ4v) is 2.72. The average molecular weight is 270 g/mol. The summed E-state index contributed by atoms with van der Waals surface area (Å²) in [5.74, 6) is 0.679. The summed E-state index contributed by atoms with van der Waals surface area (Å²) in [5, 5.41) is 6.27. The lowest BCUT2D eigenvalue weighted by Crippen LogP contribution is -2.34. The molecule has 1 aromatic carbocycles. The van der Waals surface area contributed by atoms with Gasteiger partial charge in [-0.25, -0.2) is 0 Å². The minimum absolute atomic E-state index is 0.604. The Kier molecular flexibility index (Phi) is 5.54. The highest BCUT2D eigenvalue weighted by Gasteiger charge is 2.12. The van der Waals surface area contributed by atoms with Crippen molar-refractivity contribution in [1.82, 2.24) is 10.3 Å². The highest BCUT2D eigenvalue weighted by Crippen LogP contribution is 2.20. The molecule has 0 amide bonds. The Hall–Kier alpha value is -1.41. The molecule has 0 radical (unpaired) electrons. The van der Waals surface area contributed by atoms with Crippen LogP contribution in [0.5, 0.6) is 0 Å². The molecule has 0 aliphatic heterocycles. The number of nitrogens with zero attached hydrogens (tertiary/aromatic N) is 1. The summed E-state index contributed by atoms with van der Waals surface area (Å²) < 4.78 is 0. The van der Waals surface area contributed by atoms with Gasteiger partial charge in [-0.15, -0.1) is 0 Å². The van der Waals surface area contributed by atoms with Crippen molar-refractivity contribution in [3.05, 3.63) is 42.2 Å². The van der Waals surface area contributed by atoms with Gasteiger partial charge in [-0.2, -0.15) is 0 Å². The van der Waals surface area contributed by atoms with E-state index in [-0.39, 0.29) is 0 Å². The van der Waals surface area contributed by atoms with Crippen molar-refractivity contribution in [2.75, 3.05) is 6.54 Å². The van der Waals surface area contributed by atoms with E-state index in [9.17, 15) is 0 Å². The molecular formula is C18H26N2. The predicted octanol–water partition coefficient (Wildman–Crippen LogP) is 4.19. The van der Waals surface area contributed by atoms with Crippen LogP contribution in [0.15, 0.2) is 36.7 Å². The van der Waals surface area contributed by atoms with E-state index in [2.05, 4.69) is 55.3 Å². The maximum atomic E-state index is 4.21. The smallest absolute Gasteiger partial charge is 0.0346 e. The van der Waals surface area contributed by atoms with E-state index in [1.807, 2.05) is 12.4 Å². The van der Waals surface area contributed by atoms with E-state index in [4.69, 9.17) is 0 Å². The van der Waals surface area contributed by atoms with E-state index in [0.717, 1.165) is 13.0 Å². The molecule has 1 N–H and O–H groups in total. The van der Waals surface area contributed by atoms with E-state index >= 15 is 0 Å². The largest absolute Gasteiger partial charge is 0.314 e. The first-order chi connectivity index (χ1) is 9.72. The van der Waals surface area contributed by atoms with Gasteiger partial charge in [0.1, 0.15) is 0 Å².